The highest BCUT2D eigenvalue weighted by Gasteiger charge is 2.32. The number of allylic oxidation sites excluding steroid dienone is 1. The van der Waals surface area contributed by atoms with Crippen molar-refractivity contribution in [3.8, 4) is 0 Å². The van der Waals surface area contributed by atoms with Crippen LogP contribution in [-0.4, -0.2) is 23.6 Å². The predicted molar refractivity (Wildman–Crippen MR) is 107 cm³/mol. The third-order valence-electron chi connectivity index (χ3n) is 4.84. The van der Waals surface area contributed by atoms with Gasteiger partial charge < -0.3 is 5.32 Å². The van der Waals surface area contributed by atoms with Crippen molar-refractivity contribution in [2.45, 2.75) is 19.4 Å². The number of nitrogens with one attached hydrogen (secondary N) is 2. The van der Waals surface area contributed by atoms with E-state index in [1.54, 1.807) is 0 Å². The molecule has 0 radical (unpaired) electrons. The Balaban J connectivity index is 1.78. The summed E-state index contributed by atoms with van der Waals surface area (Å²) in [5, 5.41) is 8.72. The van der Waals surface area contributed by atoms with Crippen molar-refractivity contribution in [3.63, 3.8) is 0 Å². The molecular formula is C19H20BrClN4. The first kappa shape index (κ1) is 16.8. The van der Waals surface area contributed by atoms with Gasteiger partial charge in [-0.05, 0) is 49.2 Å². The van der Waals surface area contributed by atoms with Crippen LogP contribution in [0.1, 0.15) is 30.5 Å². The largest absolute Gasteiger partial charge is 0.378 e. The van der Waals surface area contributed by atoms with Gasteiger partial charge in [-0.15, -0.1) is 5.53 Å². The molecule has 1 unspecified atom stereocenters. The maximum absolute atomic E-state index is 6.15. The van der Waals surface area contributed by atoms with Crippen LogP contribution in [0.3, 0.4) is 0 Å². The summed E-state index contributed by atoms with van der Waals surface area (Å²) in [6.45, 7) is 3.07. The fourth-order valence-corrected chi connectivity index (χ4v) is 4.11. The van der Waals surface area contributed by atoms with E-state index in [4.69, 9.17) is 11.6 Å². The fourth-order valence-electron chi connectivity index (χ4n) is 3.54. The molecule has 0 fully saturated rings. The van der Waals surface area contributed by atoms with Crippen molar-refractivity contribution in [2.24, 2.45) is 0 Å². The molecule has 0 amide bonds. The molecule has 6 heteroatoms. The molecule has 2 aliphatic heterocycles. The fraction of sp³-hybridized carbons (Fsp3) is 0.263. The summed E-state index contributed by atoms with van der Waals surface area (Å²) in [6.07, 6.45) is 0.980. The number of hydrogen-bond donors (Lipinski definition) is 2. The zero-order chi connectivity index (χ0) is 17.6. The number of benzene rings is 2. The Morgan fingerprint density at radius 2 is 2.08 bits per heavy atom. The van der Waals surface area contributed by atoms with Crippen LogP contribution in [0.2, 0.25) is 5.02 Å². The number of hydrogen-bond acceptors (Lipinski definition) is 4. The number of halogens is 2. The summed E-state index contributed by atoms with van der Waals surface area (Å²) in [7, 11) is 2.05. The summed E-state index contributed by atoms with van der Waals surface area (Å²) in [6, 6.07) is 14.7. The monoisotopic (exact) mass is 418 g/mol. The van der Waals surface area contributed by atoms with Crippen molar-refractivity contribution < 1.29 is 0 Å². The van der Waals surface area contributed by atoms with Gasteiger partial charge in [0.1, 0.15) is 0 Å². The number of rotatable bonds is 2. The molecule has 0 saturated carbocycles. The second-order valence-corrected chi connectivity index (χ2v) is 7.82. The topological polar surface area (TPSA) is 30.5 Å². The average Bonchev–Trinajstić information content (AvgIpc) is 2.77. The lowest BCUT2D eigenvalue weighted by molar-refractivity contribution is 0.160. The van der Waals surface area contributed by atoms with Crippen molar-refractivity contribution in [1.29, 1.82) is 0 Å². The van der Waals surface area contributed by atoms with Gasteiger partial charge in [0.25, 0.3) is 0 Å². The van der Waals surface area contributed by atoms with Crippen LogP contribution in [0, 0.1) is 0 Å². The second-order valence-electron chi connectivity index (χ2n) is 6.47. The molecule has 2 heterocycles. The third kappa shape index (κ3) is 3.12. The van der Waals surface area contributed by atoms with Crippen LogP contribution in [-0.2, 0) is 0 Å². The zero-order valence-corrected chi connectivity index (χ0v) is 16.5. The lowest BCUT2D eigenvalue weighted by Gasteiger charge is -2.23. The van der Waals surface area contributed by atoms with E-state index in [0.717, 1.165) is 28.1 Å². The summed E-state index contributed by atoms with van der Waals surface area (Å²) in [4.78, 5) is 0. The molecule has 2 aromatic rings. The molecule has 130 valence electrons. The summed E-state index contributed by atoms with van der Waals surface area (Å²) < 4.78 is 1.09. The molecule has 25 heavy (non-hydrogen) atoms. The Morgan fingerprint density at radius 3 is 2.88 bits per heavy atom. The molecule has 0 aliphatic carbocycles. The molecular weight excluding hydrogens is 400 g/mol. The van der Waals surface area contributed by atoms with Crippen LogP contribution >= 0.6 is 27.5 Å². The quantitative estimate of drug-likeness (QED) is 0.716. The number of anilines is 1. The van der Waals surface area contributed by atoms with E-state index < -0.39 is 0 Å². The van der Waals surface area contributed by atoms with E-state index in [-0.39, 0.29) is 6.04 Å². The summed E-state index contributed by atoms with van der Waals surface area (Å²) in [5.41, 5.74) is 9.50. The van der Waals surface area contributed by atoms with Crippen LogP contribution in [0.4, 0.5) is 5.69 Å². The summed E-state index contributed by atoms with van der Waals surface area (Å²) >= 11 is 9.79. The Morgan fingerprint density at radius 1 is 1.24 bits per heavy atom. The lowest BCUT2D eigenvalue weighted by Crippen LogP contribution is -2.39. The molecule has 0 aromatic heterocycles. The van der Waals surface area contributed by atoms with E-state index in [1.165, 1.54) is 22.5 Å². The van der Waals surface area contributed by atoms with Crippen molar-refractivity contribution >= 4 is 38.9 Å². The van der Waals surface area contributed by atoms with Gasteiger partial charge in [-0.1, -0.05) is 39.7 Å². The van der Waals surface area contributed by atoms with Gasteiger partial charge in [-0.25, -0.2) is 0 Å². The molecule has 2 aromatic carbocycles. The highest BCUT2D eigenvalue weighted by molar-refractivity contribution is 9.10. The molecule has 0 saturated heterocycles. The Labute approximate surface area is 161 Å². The molecule has 2 N–H and O–H groups in total. The van der Waals surface area contributed by atoms with Crippen molar-refractivity contribution in [1.82, 2.24) is 15.6 Å². The minimum absolute atomic E-state index is 0.212. The van der Waals surface area contributed by atoms with Crippen LogP contribution in [0.15, 0.2) is 52.6 Å². The van der Waals surface area contributed by atoms with E-state index in [0.29, 0.717) is 0 Å². The molecule has 4 rings (SSSR count). The smallest absolute Gasteiger partial charge is 0.0816 e. The lowest BCUT2D eigenvalue weighted by atomic mass is 9.97. The maximum Gasteiger partial charge on any atom is 0.0816 e. The summed E-state index contributed by atoms with van der Waals surface area (Å²) in [5.74, 6) is 0. The van der Waals surface area contributed by atoms with Crippen LogP contribution in [0.25, 0.3) is 5.70 Å². The first-order valence-electron chi connectivity index (χ1n) is 8.33. The minimum atomic E-state index is 0.212. The van der Waals surface area contributed by atoms with E-state index in [9.17, 15) is 0 Å². The molecule has 0 bridgehead atoms. The molecule has 2 aliphatic rings. The number of nitrogens with zero attached hydrogens (tertiary/aromatic N) is 2. The zero-order valence-electron chi connectivity index (χ0n) is 14.2. The van der Waals surface area contributed by atoms with Gasteiger partial charge in [-0.2, -0.15) is 0 Å². The first-order chi connectivity index (χ1) is 12.0. The highest BCUT2D eigenvalue weighted by Crippen LogP contribution is 2.39. The molecule has 1 atom stereocenters. The van der Waals surface area contributed by atoms with Gasteiger partial charge in [0, 0.05) is 34.3 Å². The van der Waals surface area contributed by atoms with Crippen molar-refractivity contribution in [2.75, 3.05) is 18.9 Å². The third-order valence-corrected chi connectivity index (χ3v) is 5.57. The molecule has 0 spiro atoms. The minimum Gasteiger partial charge on any atom is -0.378 e. The number of hydrazine groups is 2. The van der Waals surface area contributed by atoms with E-state index in [2.05, 4.69) is 75.0 Å². The van der Waals surface area contributed by atoms with Gasteiger partial charge >= 0.3 is 0 Å². The average molecular weight is 420 g/mol. The van der Waals surface area contributed by atoms with E-state index >= 15 is 0 Å². The normalized spacial score (nSPS) is 19.6. The van der Waals surface area contributed by atoms with E-state index in [1.807, 2.05) is 18.2 Å². The Kier molecular flexibility index (Phi) is 4.40. The van der Waals surface area contributed by atoms with Crippen molar-refractivity contribution in [3.05, 3.63) is 68.8 Å². The van der Waals surface area contributed by atoms with Gasteiger partial charge in [0.2, 0.25) is 0 Å². The van der Waals surface area contributed by atoms with Gasteiger partial charge in [-0.3, -0.25) is 10.0 Å². The first-order valence-corrected chi connectivity index (χ1v) is 9.50. The second kappa shape index (κ2) is 6.56. The SMILES string of the molecule is CC1=C2c3ccc(Br)cc3C(Nc3cccc(Cl)c3)CCN2NN1C. The van der Waals surface area contributed by atoms with Crippen LogP contribution < -0.4 is 10.9 Å². The number of fused-ring (bicyclic) bond motifs is 3. The highest BCUT2D eigenvalue weighted by atomic mass is 79.9. The Hall–Kier alpha value is -1.69. The predicted octanol–water partition coefficient (Wildman–Crippen LogP) is 5.01. The van der Waals surface area contributed by atoms with Gasteiger partial charge in [0.05, 0.1) is 17.4 Å². The standard InChI is InChI=1S/C19H20BrClN4/c1-12-19-16-7-6-13(20)10-17(16)18(8-9-25(19)23-24(12)2)22-15-5-3-4-14(21)11-15/h3-7,10-11,18,22-23H,8-9H2,1-2H3. The maximum atomic E-state index is 6.15. The van der Waals surface area contributed by atoms with Gasteiger partial charge in [0.15, 0.2) is 0 Å². The Bertz CT molecular complexity index is 851. The molecule has 4 nitrogen and oxygen atoms in total. The van der Waals surface area contributed by atoms with Crippen LogP contribution in [0.5, 0.6) is 0 Å².